The highest BCUT2D eigenvalue weighted by Crippen LogP contribution is 2.35. The molecule has 2 saturated heterocycles. The van der Waals surface area contributed by atoms with Gasteiger partial charge in [-0.1, -0.05) is 96.0 Å². The van der Waals surface area contributed by atoms with Gasteiger partial charge in [0, 0.05) is 43.8 Å². The van der Waals surface area contributed by atoms with Crippen LogP contribution in [0.4, 0.5) is 0 Å². The molecule has 8 nitrogen and oxygen atoms in total. The maximum absolute atomic E-state index is 13.6. The van der Waals surface area contributed by atoms with E-state index in [9.17, 15) is 14.4 Å². The van der Waals surface area contributed by atoms with Crippen molar-refractivity contribution in [3.8, 4) is 0 Å². The lowest BCUT2D eigenvalue weighted by Crippen LogP contribution is -2.56. The van der Waals surface area contributed by atoms with E-state index in [0.29, 0.717) is 32.5 Å². The van der Waals surface area contributed by atoms with Gasteiger partial charge < -0.3 is 24.4 Å². The summed E-state index contributed by atoms with van der Waals surface area (Å²) < 4.78 is 17.3. The first-order valence-corrected chi connectivity index (χ1v) is 16.6. The molecule has 8 heteroatoms. The molecule has 2 aliphatic heterocycles. The molecule has 1 N–H and O–H groups in total. The van der Waals surface area contributed by atoms with Gasteiger partial charge in [-0.3, -0.25) is 14.4 Å². The van der Waals surface area contributed by atoms with E-state index in [1.807, 2.05) is 36.9 Å². The molecule has 0 aromatic heterocycles. The van der Waals surface area contributed by atoms with Gasteiger partial charge in [-0.25, -0.2) is 0 Å². The smallest absolute Gasteiger partial charge is 0.307 e. The van der Waals surface area contributed by atoms with Crippen LogP contribution < -0.4 is 5.32 Å². The van der Waals surface area contributed by atoms with Gasteiger partial charge in [-0.05, 0) is 32.3 Å². The average molecular weight is 601 g/mol. The van der Waals surface area contributed by atoms with Crippen LogP contribution in [0.3, 0.4) is 0 Å². The van der Waals surface area contributed by atoms with E-state index in [1.54, 1.807) is 13.8 Å². The van der Waals surface area contributed by atoms with E-state index in [2.05, 4.69) is 24.4 Å². The normalized spacial score (nSPS) is 20.8. The van der Waals surface area contributed by atoms with Gasteiger partial charge in [-0.15, -0.1) is 0 Å². The fourth-order valence-electron chi connectivity index (χ4n) is 5.96. The monoisotopic (exact) mass is 600 g/mol. The molecule has 2 heterocycles. The van der Waals surface area contributed by atoms with E-state index in [-0.39, 0.29) is 42.8 Å². The van der Waals surface area contributed by atoms with Crippen molar-refractivity contribution in [3.63, 3.8) is 0 Å². The van der Waals surface area contributed by atoms with Crippen LogP contribution in [-0.4, -0.2) is 66.9 Å². The Kier molecular flexibility index (Phi) is 14.0. The molecule has 3 rings (SSSR count). The fraction of sp³-hybridized carbons (Fsp3) is 0.743. The number of piperidine rings is 1. The Labute approximate surface area is 259 Å². The number of likely N-dealkylation sites (tertiary alicyclic amines) is 1. The largest absolute Gasteiger partial charge is 0.462 e. The Morgan fingerprint density at radius 3 is 2.30 bits per heavy atom. The van der Waals surface area contributed by atoms with Gasteiger partial charge in [0.25, 0.3) is 0 Å². The van der Waals surface area contributed by atoms with Crippen LogP contribution in [0.2, 0.25) is 0 Å². The van der Waals surface area contributed by atoms with Crippen LogP contribution >= 0.6 is 0 Å². The van der Waals surface area contributed by atoms with Gasteiger partial charge in [0.05, 0.1) is 13.0 Å². The first kappa shape index (κ1) is 35.0. The quantitative estimate of drug-likeness (QED) is 0.179. The second kappa shape index (κ2) is 17.1. The predicted octanol–water partition coefficient (Wildman–Crippen LogP) is 6.20. The summed E-state index contributed by atoms with van der Waals surface area (Å²) in [6, 6.07) is 10.3. The number of esters is 1. The predicted molar refractivity (Wildman–Crippen MR) is 168 cm³/mol. The van der Waals surface area contributed by atoms with Crippen molar-refractivity contribution >= 4 is 17.8 Å². The topological polar surface area (TPSA) is 94.2 Å². The molecular weight excluding hydrogens is 544 g/mol. The number of amides is 2. The molecule has 0 bridgehead atoms. The molecule has 2 amide bonds. The first-order chi connectivity index (χ1) is 20.5. The lowest BCUT2D eigenvalue weighted by molar-refractivity contribution is -0.304. The minimum Gasteiger partial charge on any atom is -0.462 e. The zero-order valence-electron chi connectivity index (χ0n) is 27.3. The molecule has 2 atom stereocenters. The third kappa shape index (κ3) is 11.9. The van der Waals surface area contributed by atoms with Gasteiger partial charge in [-0.2, -0.15) is 0 Å². The van der Waals surface area contributed by atoms with Crippen LogP contribution in [0, 0.1) is 11.3 Å². The summed E-state index contributed by atoms with van der Waals surface area (Å²) in [6.45, 7) is 11.5. The molecule has 43 heavy (non-hydrogen) atoms. The summed E-state index contributed by atoms with van der Waals surface area (Å²) in [5, 5.41) is 2.83. The number of rotatable bonds is 16. The fourth-order valence-corrected chi connectivity index (χ4v) is 5.96. The molecule has 0 radical (unpaired) electrons. The van der Waals surface area contributed by atoms with Crippen LogP contribution in [0.1, 0.15) is 111 Å². The Morgan fingerprint density at radius 2 is 1.63 bits per heavy atom. The Hall–Kier alpha value is -2.45. The number of ether oxygens (including phenoxy) is 3. The minimum atomic E-state index is -0.831. The minimum absolute atomic E-state index is 0.0176. The first-order valence-electron chi connectivity index (χ1n) is 16.6. The van der Waals surface area contributed by atoms with Gasteiger partial charge >= 0.3 is 5.97 Å². The number of carbonyl (C=O) groups is 3. The molecule has 2 aliphatic rings. The van der Waals surface area contributed by atoms with E-state index in [0.717, 1.165) is 19.3 Å². The lowest BCUT2D eigenvalue weighted by atomic mass is 9.85. The van der Waals surface area contributed by atoms with Crippen LogP contribution in [0.15, 0.2) is 30.3 Å². The summed E-state index contributed by atoms with van der Waals surface area (Å²) in [7, 11) is 0. The second-order valence-electron chi connectivity index (χ2n) is 13.5. The summed E-state index contributed by atoms with van der Waals surface area (Å²) in [5.74, 6) is -1.21. The van der Waals surface area contributed by atoms with Crippen molar-refractivity contribution < 1.29 is 28.6 Å². The number of hydrogen-bond acceptors (Lipinski definition) is 6. The zero-order chi connectivity index (χ0) is 31.3. The Balaban J connectivity index is 1.40. The molecular formula is C35H56N2O6. The van der Waals surface area contributed by atoms with Gasteiger partial charge in [0.15, 0.2) is 5.79 Å². The number of unbranched alkanes of at least 4 members (excludes halogenated alkanes) is 6. The molecule has 0 saturated carbocycles. The third-order valence-corrected chi connectivity index (χ3v) is 8.65. The summed E-state index contributed by atoms with van der Waals surface area (Å²) in [4.78, 5) is 40.9. The molecule has 2 fully saturated rings. The molecule has 2 unspecified atom stereocenters. The highest BCUT2D eigenvalue weighted by molar-refractivity contribution is 5.82. The number of carbonyl (C=O) groups excluding carboxylic acids is 3. The van der Waals surface area contributed by atoms with E-state index >= 15 is 0 Å². The van der Waals surface area contributed by atoms with E-state index in [4.69, 9.17) is 14.2 Å². The highest BCUT2D eigenvalue weighted by atomic mass is 16.7. The third-order valence-electron chi connectivity index (χ3n) is 8.65. The second-order valence-corrected chi connectivity index (χ2v) is 13.5. The van der Waals surface area contributed by atoms with Crippen molar-refractivity contribution in [1.82, 2.24) is 10.2 Å². The molecule has 1 aromatic carbocycles. The number of nitrogens with zero attached hydrogens (tertiary/aromatic N) is 1. The standard InChI is InChI=1S/C35H56N2O6/c1-6-7-8-9-10-11-15-18-28(25-27-16-13-12-14-17-27)33(40)37-23-20-29(21-24-37)42-30(38)19-22-36-32(39)31-34(2,3)26-41-35(4,5)43-31/h12-14,16-17,28-29,31H,6-11,15,18-26H2,1-5H3,(H,36,39). The van der Waals surface area contributed by atoms with Gasteiger partial charge in [0.2, 0.25) is 11.8 Å². The molecule has 1 aromatic rings. The number of hydrogen-bond donors (Lipinski definition) is 1. The summed E-state index contributed by atoms with van der Waals surface area (Å²) >= 11 is 0. The summed E-state index contributed by atoms with van der Waals surface area (Å²) in [6.07, 6.45) is 10.8. The zero-order valence-corrected chi connectivity index (χ0v) is 27.3. The highest BCUT2D eigenvalue weighted by Gasteiger charge is 2.45. The van der Waals surface area contributed by atoms with E-state index < -0.39 is 17.3 Å². The SMILES string of the molecule is CCCCCCCCCC(Cc1ccccc1)C(=O)N1CCC(OC(=O)CCNC(=O)C2OC(C)(C)OCC2(C)C)CC1. The number of nitrogens with one attached hydrogen (secondary N) is 1. The molecule has 0 spiro atoms. The molecule has 0 aliphatic carbocycles. The van der Waals surface area contributed by atoms with E-state index in [1.165, 1.54) is 44.1 Å². The maximum Gasteiger partial charge on any atom is 0.307 e. The van der Waals surface area contributed by atoms with Crippen molar-refractivity contribution in [3.05, 3.63) is 35.9 Å². The van der Waals surface area contributed by atoms with Gasteiger partial charge in [0.1, 0.15) is 12.2 Å². The van der Waals surface area contributed by atoms with Crippen molar-refractivity contribution in [1.29, 1.82) is 0 Å². The average Bonchev–Trinajstić information content (AvgIpc) is 2.98. The van der Waals surface area contributed by atoms with Crippen molar-refractivity contribution in [2.45, 2.75) is 130 Å². The van der Waals surface area contributed by atoms with Crippen LogP contribution in [0.25, 0.3) is 0 Å². The molecule has 242 valence electrons. The van der Waals surface area contributed by atoms with Crippen molar-refractivity contribution in [2.24, 2.45) is 11.3 Å². The lowest BCUT2D eigenvalue weighted by Gasteiger charge is -2.44. The maximum atomic E-state index is 13.6. The van der Waals surface area contributed by atoms with Crippen molar-refractivity contribution in [2.75, 3.05) is 26.2 Å². The Bertz CT molecular complexity index is 1000. The summed E-state index contributed by atoms with van der Waals surface area (Å²) in [5.41, 5.74) is 0.732. The Morgan fingerprint density at radius 1 is 0.977 bits per heavy atom. The van der Waals surface area contributed by atoms with Crippen LogP contribution in [-0.2, 0) is 35.0 Å². The number of benzene rings is 1. The van der Waals surface area contributed by atoms with Crippen LogP contribution in [0.5, 0.6) is 0 Å².